The highest BCUT2D eigenvalue weighted by Gasteiger charge is 2.56. The summed E-state index contributed by atoms with van der Waals surface area (Å²) < 4.78 is 0. The second-order valence-corrected chi connectivity index (χ2v) is 13.4. The molecule has 0 saturated heterocycles. The molecule has 1 aromatic rings. The van der Waals surface area contributed by atoms with Crippen molar-refractivity contribution in [2.75, 3.05) is 0 Å². The molecule has 0 spiro atoms. The summed E-state index contributed by atoms with van der Waals surface area (Å²) >= 11 is 0. The van der Waals surface area contributed by atoms with E-state index in [-0.39, 0.29) is 5.04 Å². The standard InChI is InChI=1S/C20H30Si/c1-15-14-20(7,17(3)16(15)2)21(8,19(4,5)6)18-12-10-9-11-13-18/h9-14H,1-8H3. The minimum Gasteiger partial charge on any atom is -0.0737 e. The zero-order chi connectivity index (χ0) is 16.1. The Labute approximate surface area is 132 Å². The van der Waals surface area contributed by atoms with E-state index in [9.17, 15) is 0 Å². The first-order chi connectivity index (χ1) is 9.55. The summed E-state index contributed by atoms with van der Waals surface area (Å²) in [5, 5.41) is 2.06. The number of hydrogen-bond donors (Lipinski definition) is 0. The van der Waals surface area contributed by atoms with Gasteiger partial charge in [-0.1, -0.05) is 87.0 Å². The van der Waals surface area contributed by atoms with E-state index in [2.05, 4.69) is 91.4 Å². The molecule has 0 radical (unpaired) electrons. The largest absolute Gasteiger partial charge is 0.103 e. The molecule has 21 heavy (non-hydrogen) atoms. The monoisotopic (exact) mass is 298 g/mol. The van der Waals surface area contributed by atoms with E-state index in [4.69, 9.17) is 0 Å². The van der Waals surface area contributed by atoms with Crippen LogP contribution in [0.1, 0.15) is 48.5 Å². The Morgan fingerprint density at radius 3 is 1.86 bits per heavy atom. The van der Waals surface area contributed by atoms with E-state index in [0.29, 0.717) is 5.04 Å². The van der Waals surface area contributed by atoms with E-state index in [1.807, 2.05) is 0 Å². The molecule has 0 bridgehead atoms. The van der Waals surface area contributed by atoms with Crippen molar-refractivity contribution in [3.05, 3.63) is 53.1 Å². The Balaban J connectivity index is 2.76. The number of benzene rings is 1. The van der Waals surface area contributed by atoms with E-state index < -0.39 is 8.07 Å². The fourth-order valence-electron chi connectivity index (χ4n) is 4.14. The highest BCUT2D eigenvalue weighted by Crippen LogP contribution is 2.59. The Hall–Kier alpha value is -1.08. The molecule has 0 saturated carbocycles. The van der Waals surface area contributed by atoms with Gasteiger partial charge in [-0.3, -0.25) is 0 Å². The van der Waals surface area contributed by atoms with Crippen LogP contribution >= 0.6 is 0 Å². The Kier molecular flexibility index (Phi) is 3.86. The van der Waals surface area contributed by atoms with E-state index >= 15 is 0 Å². The van der Waals surface area contributed by atoms with Gasteiger partial charge in [-0.15, -0.1) is 0 Å². The average Bonchev–Trinajstić information content (AvgIpc) is 2.62. The van der Waals surface area contributed by atoms with Crippen molar-refractivity contribution in [3.63, 3.8) is 0 Å². The number of hydrogen-bond acceptors (Lipinski definition) is 0. The van der Waals surface area contributed by atoms with Crippen molar-refractivity contribution in [1.29, 1.82) is 0 Å². The van der Waals surface area contributed by atoms with Gasteiger partial charge in [-0.2, -0.15) is 0 Å². The molecule has 0 nitrogen and oxygen atoms in total. The highest BCUT2D eigenvalue weighted by atomic mass is 28.3. The molecule has 1 aliphatic carbocycles. The van der Waals surface area contributed by atoms with E-state index in [0.717, 1.165) is 0 Å². The van der Waals surface area contributed by atoms with Gasteiger partial charge in [0.2, 0.25) is 0 Å². The topological polar surface area (TPSA) is 0 Å². The molecule has 2 unspecified atom stereocenters. The zero-order valence-corrected chi connectivity index (χ0v) is 16.0. The van der Waals surface area contributed by atoms with Gasteiger partial charge in [0.1, 0.15) is 8.07 Å². The van der Waals surface area contributed by atoms with Crippen LogP contribution < -0.4 is 5.19 Å². The summed E-state index contributed by atoms with van der Waals surface area (Å²) in [5.74, 6) is 0. The van der Waals surface area contributed by atoms with Crippen molar-refractivity contribution in [2.24, 2.45) is 0 Å². The van der Waals surface area contributed by atoms with E-state index in [1.54, 1.807) is 10.8 Å². The minimum absolute atomic E-state index is 0.195. The average molecular weight is 299 g/mol. The summed E-state index contributed by atoms with van der Waals surface area (Å²) in [4.78, 5) is 0. The van der Waals surface area contributed by atoms with Crippen molar-refractivity contribution < 1.29 is 0 Å². The summed E-state index contributed by atoms with van der Waals surface area (Å²) in [7, 11) is -1.80. The van der Waals surface area contributed by atoms with Gasteiger partial charge < -0.3 is 0 Å². The molecule has 0 amide bonds. The Bertz CT molecular complexity index is 600. The van der Waals surface area contributed by atoms with Gasteiger partial charge in [0.25, 0.3) is 0 Å². The van der Waals surface area contributed by atoms with Crippen LogP contribution in [0.3, 0.4) is 0 Å². The molecule has 0 fully saturated rings. The number of allylic oxidation sites excluding steroid dienone is 4. The predicted molar refractivity (Wildman–Crippen MR) is 97.9 cm³/mol. The SMILES string of the molecule is CC1=CC(C)([Si](C)(c2ccccc2)C(C)(C)C)C(C)=C1C. The molecule has 1 aliphatic rings. The number of rotatable bonds is 2. The van der Waals surface area contributed by atoms with Gasteiger partial charge in [0, 0.05) is 5.04 Å². The van der Waals surface area contributed by atoms with Gasteiger partial charge in [0.15, 0.2) is 0 Å². The fraction of sp³-hybridized carbons (Fsp3) is 0.500. The lowest BCUT2D eigenvalue weighted by atomic mass is 10.0. The van der Waals surface area contributed by atoms with Gasteiger partial charge in [-0.05, 0) is 31.4 Å². The summed E-state index contributed by atoms with van der Waals surface area (Å²) in [6.45, 7) is 19.3. The maximum Gasteiger partial charge on any atom is 0.103 e. The molecule has 0 aromatic heterocycles. The second kappa shape index (κ2) is 4.98. The van der Waals surface area contributed by atoms with Crippen LogP contribution in [0.15, 0.2) is 53.1 Å². The molecule has 1 aromatic carbocycles. The molecular weight excluding hydrogens is 268 g/mol. The van der Waals surface area contributed by atoms with Crippen molar-refractivity contribution >= 4 is 13.3 Å². The summed E-state index contributed by atoms with van der Waals surface area (Å²) in [6.07, 6.45) is 2.56. The lowest BCUT2D eigenvalue weighted by molar-refractivity contribution is 0.676. The molecule has 1 heteroatoms. The van der Waals surface area contributed by atoms with Crippen LogP contribution in [0, 0.1) is 0 Å². The summed E-state index contributed by atoms with van der Waals surface area (Å²) in [6, 6.07) is 11.2. The second-order valence-electron chi connectivity index (χ2n) is 8.02. The van der Waals surface area contributed by atoms with Crippen LogP contribution in [0.4, 0.5) is 0 Å². The predicted octanol–water partition coefficient (Wildman–Crippen LogP) is 5.83. The summed E-state index contributed by atoms with van der Waals surface area (Å²) in [5.41, 5.74) is 4.54. The van der Waals surface area contributed by atoms with Crippen LogP contribution in [0.5, 0.6) is 0 Å². The Morgan fingerprint density at radius 1 is 0.952 bits per heavy atom. The third-order valence-corrected chi connectivity index (χ3v) is 13.4. The quantitative estimate of drug-likeness (QED) is 0.603. The molecule has 2 atom stereocenters. The molecular formula is C20H30Si. The maximum absolute atomic E-state index is 2.58. The third-order valence-electron chi connectivity index (χ3n) is 6.33. The van der Waals surface area contributed by atoms with Crippen LogP contribution in [0.25, 0.3) is 0 Å². The molecule has 0 heterocycles. The smallest absolute Gasteiger partial charge is 0.0737 e. The van der Waals surface area contributed by atoms with Crippen molar-refractivity contribution in [3.8, 4) is 0 Å². The van der Waals surface area contributed by atoms with E-state index in [1.165, 1.54) is 11.1 Å². The first kappa shape index (κ1) is 16.3. The zero-order valence-electron chi connectivity index (χ0n) is 15.0. The minimum atomic E-state index is -1.80. The van der Waals surface area contributed by atoms with Crippen molar-refractivity contribution in [1.82, 2.24) is 0 Å². The molecule has 0 aliphatic heterocycles. The maximum atomic E-state index is 2.58. The van der Waals surface area contributed by atoms with Crippen LogP contribution in [-0.2, 0) is 0 Å². The first-order valence-corrected chi connectivity index (χ1v) is 10.5. The van der Waals surface area contributed by atoms with Crippen LogP contribution in [-0.4, -0.2) is 8.07 Å². The molecule has 0 N–H and O–H groups in total. The Morgan fingerprint density at radius 2 is 1.48 bits per heavy atom. The van der Waals surface area contributed by atoms with Crippen LogP contribution in [0.2, 0.25) is 16.6 Å². The van der Waals surface area contributed by atoms with Gasteiger partial charge in [0.05, 0.1) is 0 Å². The third kappa shape index (κ3) is 2.17. The molecule has 114 valence electrons. The molecule has 2 rings (SSSR count). The van der Waals surface area contributed by atoms with Gasteiger partial charge >= 0.3 is 0 Å². The van der Waals surface area contributed by atoms with Gasteiger partial charge in [-0.25, -0.2) is 0 Å². The first-order valence-electron chi connectivity index (χ1n) is 7.99. The lowest BCUT2D eigenvalue weighted by Gasteiger charge is -2.52. The highest BCUT2D eigenvalue weighted by molar-refractivity contribution is 6.96. The fourth-order valence-corrected chi connectivity index (χ4v) is 9.46. The van der Waals surface area contributed by atoms with Crippen molar-refractivity contribution in [2.45, 2.75) is 65.1 Å². The normalized spacial score (nSPS) is 25.8. The lowest BCUT2D eigenvalue weighted by Crippen LogP contribution is -2.60.